The molecule has 0 fully saturated rings. The highest BCUT2D eigenvalue weighted by Gasteiger charge is 2.15. The van der Waals surface area contributed by atoms with Crippen LogP contribution in [-0.2, 0) is 6.54 Å². The number of hydrogen-bond acceptors (Lipinski definition) is 4. The number of halogens is 2. The summed E-state index contributed by atoms with van der Waals surface area (Å²) < 4.78 is 39.3. The first-order valence-corrected chi connectivity index (χ1v) is 4.98. The van der Waals surface area contributed by atoms with Crippen LogP contribution in [0.5, 0.6) is 17.2 Å². The van der Waals surface area contributed by atoms with Crippen LogP contribution in [-0.4, -0.2) is 27.3 Å². The Hall–Kier alpha value is -1.56. The second-order valence-corrected chi connectivity index (χ2v) is 3.24. The molecule has 0 saturated heterocycles. The second-order valence-electron chi connectivity index (χ2n) is 3.24. The van der Waals surface area contributed by atoms with Gasteiger partial charge in [-0.25, -0.2) is 8.78 Å². The molecule has 1 aromatic carbocycles. The second kappa shape index (κ2) is 6.24. The largest absolute Gasteiger partial charge is 0.493 e. The van der Waals surface area contributed by atoms with Crippen LogP contribution in [0, 0.1) is 0 Å². The molecule has 6 heteroatoms. The molecule has 0 saturated carbocycles. The van der Waals surface area contributed by atoms with Crippen LogP contribution in [0.4, 0.5) is 8.78 Å². The van der Waals surface area contributed by atoms with E-state index in [4.69, 9.17) is 19.9 Å². The Balaban J connectivity index is 3.06. The highest BCUT2D eigenvalue weighted by molar-refractivity contribution is 5.53. The fourth-order valence-electron chi connectivity index (χ4n) is 1.34. The predicted octanol–water partition coefficient (Wildman–Crippen LogP) is 1.81. The highest BCUT2D eigenvalue weighted by Crippen LogP contribution is 2.38. The summed E-state index contributed by atoms with van der Waals surface area (Å²) in [5.74, 6) is 0.809. The number of methoxy groups -OCH3 is 2. The summed E-state index contributed by atoms with van der Waals surface area (Å²) in [5.41, 5.74) is 6.26. The summed E-state index contributed by atoms with van der Waals surface area (Å²) in [6.45, 7) is -0.420. The summed E-state index contributed by atoms with van der Waals surface area (Å²) in [5, 5.41) is 0. The zero-order chi connectivity index (χ0) is 12.8. The van der Waals surface area contributed by atoms with Gasteiger partial charge in [0.05, 0.1) is 14.2 Å². The van der Waals surface area contributed by atoms with Gasteiger partial charge in [-0.15, -0.1) is 0 Å². The molecule has 0 radical (unpaired) electrons. The number of nitrogens with two attached hydrogens (primary N) is 1. The van der Waals surface area contributed by atoms with E-state index in [1.54, 1.807) is 12.1 Å². The van der Waals surface area contributed by atoms with Crippen LogP contribution in [0.2, 0.25) is 0 Å². The van der Waals surface area contributed by atoms with Gasteiger partial charge in [-0.1, -0.05) is 0 Å². The monoisotopic (exact) mass is 247 g/mol. The fraction of sp³-hybridized carbons (Fsp3) is 0.455. The lowest BCUT2D eigenvalue weighted by atomic mass is 10.2. The van der Waals surface area contributed by atoms with E-state index in [2.05, 4.69) is 0 Å². The Kier molecular flexibility index (Phi) is 4.96. The van der Waals surface area contributed by atoms with Gasteiger partial charge in [-0.05, 0) is 17.7 Å². The van der Waals surface area contributed by atoms with E-state index in [9.17, 15) is 8.78 Å². The molecule has 0 atom stereocenters. The van der Waals surface area contributed by atoms with Crippen molar-refractivity contribution in [3.05, 3.63) is 17.7 Å². The maximum Gasteiger partial charge on any atom is 0.272 e. The summed E-state index contributed by atoms with van der Waals surface area (Å²) in [4.78, 5) is 0. The summed E-state index contributed by atoms with van der Waals surface area (Å²) in [6.07, 6.45) is -2.56. The van der Waals surface area contributed by atoms with Gasteiger partial charge in [0.25, 0.3) is 6.43 Å². The van der Waals surface area contributed by atoms with Gasteiger partial charge in [0.15, 0.2) is 11.5 Å². The SMILES string of the molecule is COc1cc(CN)cc(OC)c1OCC(F)F. The smallest absolute Gasteiger partial charge is 0.272 e. The predicted molar refractivity (Wildman–Crippen MR) is 58.9 cm³/mol. The standard InChI is InChI=1S/C11H15F2NO3/c1-15-8-3-7(5-14)4-9(16-2)11(8)17-6-10(12)13/h3-4,10H,5-6,14H2,1-2H3. The minimum atomic E-state index is -2.56. The topological polar surface area (TPSA) is 53.7 Å². The molecule has 0 bridgehead atoms. The minimum absolute atomic E-state index is 0.160. The molecule has 0 heterocycles. The molecule has 2 N–H and O–H groups in total. The number of hydrogen-bond donors (Lipinski definition) is 1. The van der Waals surface area contributed by atoms with Crippen molar-refractivity contribution in [3.63, 3.8) is 0 Å². The van der Waals surface area contributed by atoms with Gasteiger partial charge < -0.3 is 19.9 Å². The first-order valence-electron chi connectivity index (χ1n) is 4.98. The Morgan fingerprint density at radius 3 is 2.06 bits per heavy atom. The van der Waals surface area contributed by atoms with E-state index in [1.807, 2.05) is 0 Å². The van der Waals surface area contributed by atoms with Crippen molar-refractivity contribution < 1.29 is 23.0 Å². The molecule has 0 amide bonds. The average Bonchev–Trinajstić information content (AvgIpc) is 2.34. The van der Waals surface area contributed by atoms with Crippen molar-refractivity contribution >= 4 is 0 Å². The molecular formula is C11H15F2NO3. The molecule has 0 aromatic heterocycles. The first-order chi connectivity index (χ1) is 8.12. The van der Waals surface area contributed by atoms with Gasteiger partial charge in [0.2, 0.25) is 5.75 Å². The highest BCUT2D eigenvalue weighted by atomic mass is 19.3. The van der Waals surface area contributed by atoms with Gasteiger partial charge in [0, 0.05) is 6.54 Å². The van der Waals surface area contributed by atoms with Crippen molar-refractivity contribution in [2.75, 3.05) is 20.8 Å². The van der Waals surface area contributed by atoms with Crippen LogP contribution in [0.25, 0.3) is 0 Å². The van der Waals surface area contributed by atoms with E-state index in [0.717, 1.165) is 5.56 Å². The Morgan fingerprint density at radius 1 is 1.18 bits per heavy atom. The molecule has 0 unspecified atom stereocenters. The van der Waals surface area contributed by atoms with Crippen molar-refractivity contribution in [3.8, 4) is 17.2 Å². The fourth-order valence-corrected chi connectivity index (χ4v) is 1.34. The molecule has 0 aliphatic heterocycles. The Bertz CT molecular complexity index is 347. The minimum Gasteiger partial charge on any atom is -0.493 e. The third kappa shape index (κ3) is 3.45. The first kappa shape index (κ1) is 13.5. The molecule has 17 heavy (non-hydrogen) atoms. The van der Waals surface area contributed by atoms with E-state index in [0.29, 0.717) is 18.0 Å². The normalized spacial score (nSPS) is 10.5. The molecular weight excluding hydrogens is 232 g/mol. The van der Waals surface area contributed by atoms with Crippen LogP contribution >= 0.6 is 0 Å². The van der Waals surface area contributed by atoms with E-state index in [-0.39, 0.29) is 5.75 Å². The summed E-state index contributed by atoms with van der Waals surface area (Å²) in [7, 11) is 2.84. The Morgan fingerprint density at radius 2 is 1.71 bits per heavy atom. The van der Waals surface area contributed by atoms with Gasteiger partial charge in [-0.2, -0.15) is 0 Å². The molecule has 0 aliphatic rings. The zero-order valence-electron chi connectivity index (χ0n) is 9.70. The van der Waals surface area contributed by atoms with Gasteiger partial charge in [-0.3, -0.25) is 0 Å². The lowest BCUT2D eigenvalue weighted by Crippen LogP contribution is -2.09. The van der Waals surface area contributed by atoms with Gasteiger partial charge in [0.1, 0.15) is 6.61 Å². The molecule has 1 rings (SSSR count). The van der Waals surface area contributed by atoms with Crippen LogP contribution in [0.3, 0.4) is 0 Å². The average molecular weight is 247 g/mol. The van der Waals surface area contributed by atoms with Crippen LogP contribution in [0.15, 0.2) is 12.1 Å². The van der Waals surface area contributed by atoms with Crippen molar-refractivity contribution in [2.24, 2.45) is 5.73 Å². The third-order valence-corrected chi connectivity index (χ3v) is 2.11. The Labute approximate surface area is 98.3 Å². The quantitative estimate of drug-likeness (QED) is 0.832. The summed E-state index contributed by atoms with van der Waals surface area (Å²) in [6, 6.07) is 3.26. The zero-order valence-corrected chi connectivity index (χ0v) is 9.70. The molecule has 0 aliphatic carbocycles. The van der Waals surface area contributed by atoms with Crippen molar-refractivity contribution in [1.29, 1.82) is 0 Å². The van der Waals surface area contributed by atoms with Crippen LogP contribution in [0.1, 0.15) is 5.56 Å². The van der Waals surface area contributed by atoms with Gasteiger partial charge >= 0.3 is 0 Å². The number of benzene rings is 1. The molecule has 1 aromatic rings. The molecule has 4 nitrogen and oxygen atoms in total. The van der Waals surface area contributed by atoms with E-state index >= 15 is 0 Å². The lowest BCUT2D eigenvalue weighted by molar-refractivity contribution is 0.0789. The van der Waals surface area contributed by atoms with E-state index < -0.39 is 13.0 Å². The maximum atomic E-state index is 12.1. The van der Waals surface area contributed by atoms with Crippen molar-refractivity contribution in [2.45, 2.75) is 13.0 Å². The van der Waals surface area contributed by atoms with Crippen LogP contribution < -0.4 is 19.9 Å². The molecule has 0 spiro atoms. The summed E-state index contributed by atoms with van der Waals surface area (Å²) >= 11 is 0. The number of alkyl halides is 2. The number of rotatable bonds is 6. The third-order valence-electron chi connectivity index (χ3n) is 2.11. The van der Waals surface area contributed by atoms with Crippen molar-refractivity contribution in [1.82, 2.24) is 0 Å². The molecule has 96 valence electrons. The van der Waals surface area contributed by atoms with E-state index in [1.165, 1.54) is 14.2 Å². The lowest BCUT2D eigenvalue weighted by Gasteiger charge is -2.15. The number of ether oxygens (including phenoxy) is 3. The maximum absolute atomic E-state index is 12.1.